The lowest BCUT2D eigenvalue weighted by atomic mass is 10.0. The monoisotopic (exact) mass is 474 g/mol. The second-order valence-electron chi connectivity index (χ2n) is 9.15. The number of para-hydroxylation sites is 1. The molecule has 0 amide bonds. The number of benzene rings is 3. The van der Waals surface area contributed by atoms with E-state index < -0.39 is 0 Å². The first-order valence-corrected chi connectivity index (χ1v) is 13.3. The van der Waals surface area contributed by atoms with Gasteiger partial charge < -0.3 is 14.4 Å². The number of nitrogens with zero attached hydrogens (tertiary/aromatic N) is 2. The van der Waals surface area contributed by atoms with Gasteiger partial charge in [-0.2, -0.15) is 0 Å². The topological polar surface area (TPSA) is 24.9 Å². The van der Waals surface area contributed by atoms with Crippen molar-refractivity contribution in [2.24, 2.45) is 0 Å². The highest BCUT2D eigenvalue weighted by Gasteiger charge is 2.27. The number of methoxy groups -OCH3 is 1. The summed E-state index contributed by atoms with van der Waals surface area (Å²) in [6.45, 7) is 5.12. The quantitative estimate of drug-likeness (QED) is 0.385. The zero-order valence-electron chi connectivity index (χ0n) is 20.0. The Balaban J connectivity index is 1.26. The fourth-order valence-electron chi connectivity index (χ4n) is 4.89. The summed E-state index contributed by atoms with van der Waals surface area (Å²) in [5.74, 6) is 2.96. The lowest BCUT2D eigenvalue weighted by molar-refractivity contribution is 0.238. The van der Waals surface area contributed by atoms with Crippen LogP contribution >= 0.6 is 11.8 Å². The van der Waals surface area contributed by atoms with Crippen LogP contribution in [-0.4, -0.2) is 50.0 Å². The number of ether oxygens (including phenoxy) is 2. The molecule has 2 aliphatic heterocycles. The Morgan fingerprint density at radius 3 is 2.32 bits per heavy atom. The number of rotatable bonds is 9. The first-order valence-electron chi connectivity index (χ1n) is 12.3. The molecule has 1 saturated heterocycles. The van der Waals surface area contributed by atoms with Crippen LogP contribution in [0.25, 0.3) is 0 Å². The second-order valence-corrected chi connectivity index (χ2v) is 10.2. The van der Waals surface area contributed by atoms with Crippen molar-refractivity contribution in [1.29, 1.82) is 0 Å². The summed E-state index contributed by atoms with van der Waals surface area (Å²) in [5.41, 5.74) is 3.99. The van der Waals surface area contributed by atoms with Gasteiger partial charge in [0.1, 0.15) is 18.1 Å². The molecule has 0 radical (unpaired) electrons. The number of thioether (sulfide) groups is 1. The van der Waals surface area contributed by atoms with Crippen molar-refractivity contribution in [3.05, 3.63) is 83.9 Å². The van der Waals surface area contributed by atoms with Crippen LogP contribution < -0.4 is 14.4 Å². The molecule has 0 aromatic heterocycles. The van der Waals surface area contributed by atoms with Gasteiger partial charge in [-0.1, -0.05) is 36.4 Å². The van der Waals surface area contributed by atoms with Crippen LogP contribution in [0, 0.1) is 0 Å². The van der Waals surface area contributed by atoms with Gasteiger partial charge >= 0.3 is 0 Å². The molecule has 5 rings (SSSR count). The van der Waals surface area contributed by atoms with E-state index in [1.165, 1.54) is 47.6 Å². The van der Waals surface area contributed by atoms with Crippen molar-refractivity contribution < 1.29 is 9.47 Å². The molecule has 34 heavy (non-hydrogen) atoms. The molecule has 5 heteroatoms. The molecule has 1 atom stereocenters. The van der Waals surface area contributed by atoms with Crippen molar-refractivity contribution in [1.82, 2.24) is 4.90 Å². The highest BCUT2D eigenvalue weighted by atomic mass is 32.2. The van der Waals surface area contributed by atoms with Gasteiger partial charge in [-0.3, -0.25) is 4.90 Å². The fraction of sp³-hybridized carbons (Fsp3) is 0.379. The van der Waals surface area contributed by atoms with Gasteiger partial charge in [-0.05, 0) is 79.9 Å². The first-order chi connectivity index (χ1) is 16.8. The summed E-state index contributed by atoms with van der Waals surface area (Å²) in [4.78, 5) is 6.44. The zero-order chi connectivity index (χ0) is 23.2. The van der Waals surface area contributed by atoms with Gasteiger partial charge in [0, 0.05) is 29.8 Å². The maximum Gasteiger partial charge on any atom is 0.119 e. The van der Waals surface area contributed by atoms with Crippen LogP contribution in [-0.2, 0) is 13.0 Å². The van der Waals surface area contributed by atoms with Crippen LogP contribution in [0.2, 0.25) is 0 Å². The molecule has 0 spiro atoms. The normalized spacial score (nSPS) is 18.0. The lowest BCUT2D eigenvalue weighted by Gasteiger charge is -2.39. The van der Waals surface area contributed by atoms with E-state index in [0.29, 0.717) is 6.04 Å². The minimum Gasteiger partial charge on any atom is -0.497 e. The maximum absolute atomic E-state index is 6.02. The summed E-state index contributed by atoms with van der Waals surface area (Å²) in [5, 5.41) is 0. The molecule has 2 aliphatic rings. The number of hydrogen-bond donors (Lipinski definition) is 0. The SMILES string of the molecule is COc1ccc(C[C@H]2CSc3ccccc3N2Cc2ccc(OCCN3CCCC3)cc2)cc1. The van der Waals surface area contributed by atoms with E-state index in [9.17, 15) is 0 Å². The van der Waals surface area contributed by atoms with Crippen LogP contribution in [0.1, 0.15) is 24.0 Å². The van der Waals surface area contributed by atoms with Gasteiger partial charge in [0.2, 0.25) is 0 Å². The Hall–Kier alpha value is -2.63. The van der Waals surface area contributed by atoms with E-state index in [-0.39, 0.29) is 0 Å². The molecule has 1 fully saturated rings. The molecule has 0 saturated carbocycles. The number of anilines is 1. The van der Waals surface area contributed by atoms with E-state index in [1.54, 1.807) is 7.11 Å². The van der Waals surface area contributed by atoms with Gasteiger partial charge in [-0.25, -0.2) is 0 Å². The van der Waals surface area contributed by atoms with E-state index >= 15 is 0 Å². The standard InChI is InChI=1S/C29H34N2O2S/c1-32-26-12-8-23(9-13-26)20-25-22-34-29-7-3-2-6-28(29)31(25)21-24-10-14-27(15-11-24)33-19-18-30-16-4-5-17-30/h2-3,6-15,25H,4-5,16-22H2,1H3/t25-/m0/s1. The van der Waals surface area contributed by atoms with Crippen molar-refractivity contribution in [2.45, 2.75) is 36.7 Å². The van der Waals surface area contributed by atoms with Crippen LogP contribution in [0.15, 0.2) is 77.7 Å². The molecule has 0 aliphatic carbocycles. The Bertz CT molecular complexity index is 1050. The van der Waals surface area contributed by atoms with Crippen molar-refractivity contribution in [2.75, 3.05) is 44.0 Å². The van der Waals surface area contributed by atoms with E-state index in [4.69, 9.17) is 9.47 Å². The molecular weight excluding hydrogens is 440 g/mol. The molecule has 0 bridgehead atoms. The predicted molar refractivity (Wildman–Crippen MR) is 141 cm³/mol. The third kappa shape index (κ3) is 5.70. The third-order valence-electron chi connectivity index (χ3n) is 6.83. The zero-order valence-corrected chi connectivity index (χ0v) is 20.8. The second kappa shape index (κ2) is 11.2. The molecule has 0 unspecified atom stereocenters. The minimum atomic E-state index is 0.435. The third-order valence-corrected chi connectivity index (χ3v) is 8.04. The minimum absolute atomic E-state index is 0.435. The van der Waals surface area contributed by atoms with Gasteiger partial charge in [0.05, 0.1) is 12.8 Å². The summed E-state index contributed by atoms with van der Waals surface area (Å²) in [6, 6.07) is 26.4. The number of fused-ring (bicyclic) bond motifs is 1. The molecular formula is C29H34N2O2S. The fourth-order valence-corrected chi connectivity index (χ4v) is 6.07. The van der Waals surface area contributed by atoms with Crippen molar-refractivity contribution in [3.63, 3.8) is 0 Å². The van der Waals surface area contributed by atoms with E-state index in [0.717, 1.165) is 43.4 Å². The Labute approximate surface area is 207 Å². The van der Waals surface area contributed by atoms with E-state index in [2.05, 4.69) is 82.6 Å². The van der Waals surface area contributed by atoms with Crippen molar-refractivity contribution >= 4 is 17.4 Å². The van der Waals surface area contributed by atoms with Gasteiger partial charge in [0.15, 0.2) is 0 Å². The smallest absolute Gasteiger partial charge is 0.119 e. The van der Waals surface area contributed by atoms with Crippen LogP contribution in [0.4, 0.5) is 5.69 Å². The maximum atomic E-state index is 6.02. The van der Waals surface area contributed by atoms with Gasteiger partial charge in [-0.15, -0.1) is 11.8 Å². The molecule has 4 nitrogen and oxygen atoms in total. The summed E-state index contributed by atoms with van der Waals surface area (Å²) in [6.07, 6.45) is 3.67. The van der Waals surface area contributed by atoms with Crippen LogP contribution in [0.5, 0.6) is 11.5 Å². The van der Waals surface area contributed by atoms with Crippen LogP contribution in [0.3, 0.4) is 0 Å². The Morgan fingerprint density at radius 2 is 1.56 bits per heavy atom. The average molecular weight is 475 g/mol. The molecule has 178 valence electrons. The molecule has 0 N–H and O–H groups in total. The Morgan fingerprint density at radius 1 is 0.853 bits per heavy atom. The van der Waals surface area contributed by atoms with Gasteiger partial charge in [0.25, 0.3) is 0 Å². The number of likely N-dealkylation sites (tertiary alicyclic amines) is 1. The highest BCUT2D eigenvalue weighted by molar-refractivity contribution is 7.99. The van der Waals surface area contributed by atoms with E-state index in [1.807, 2.05) is 11.8 Å². The Kier molecular flexibility index (Phi) is 7.62. The lowest BCUT2D eigenvalue weighted by Crippen LogP contribution is -2.41. The van der Waals surface area contributed by atoms with Crippen molar-refractivity contribution in [3.8, 4) is 11.5 Å². The molecule has 3 aromatic rings. The summed E-state index contributed by atoms with van der Waals surface area (Å²) < 4.78 is 11.4. The average Bonchev–Trinajstić information content (AvgIpc) is 3.40. The molecule has 3 aromatic carbocycles. The summed E-state index contributed by atoms with van der Waals surface area (Å²) in [7, 11) is 1.72. The predicted octanol–water partition coefficient (Wildman–Crippen LogP) is 5.89. The first kappa shape index (κ1) is 23.1. The molecule has 2 heterocycles. The summed E-state index contributed by atoms with van der Waals surface area (Å²) >= 11 is 1.97. The number of hydrogen-bond acceptors (Lipinski definition) is 5. The highest BCUT2D eigenvalue weighted by Crippen LogP contribution is 2.39. The largest absolute Gasteiger partial charge is 0.497 e.